The molecule has 0 saturated heterocycles. The van der Waals surface area contributed by atoms with Gasteiger partial charge < -0.3 is 9.73 Å². The van der Waals surface area contributed by atoms with Crippen molar-refractivity contribution < 1.29 is 22.6 Å². The molecule has 0 atom stereocenters. The first kappa shape index (κ1) is 21.2. The fourth-order valence-electron chi connectivity index (χ4n) is 2.76. The number of rotatable bonds is 6. The quantitative estimate of drug-likeness (QED) is 0.459. The Morgan fingerprint density at radius 1 is 1.23 bits per heavy atom. The Hall–Kier alpha value is -3.51. The van der Waals surface area contributed by atoms with Gasteiger partial charge in [0.15, 0.2) is 5.58 Å². The fourth-order valence-corrected chi connectivity index (χ4v) is 3.69. The summed E-state index contributed by atoms with van der Waals surface area (Å²) in [5.74, 6) is -1.44. The molecule has 3 rings (SSSR count). The van der Waals surface area contributed by atoms with Gasteiger partial charge in [0, 0.05) is 25.8 Å². The number of nitrogens with one attached hydrogen (secondary N) is 1. The summed E-state index contributed by atoms with van der Waals surface area (Å²) in [5.41, 5.74) is 0.863. The Bertz CT molecular complexity index is 1320. The van der Waals surface area contributed by atoms with Crippen molar-refractivity contribution in [1.29, 1.82) is 0 Å². The Kier molecular flexibility index (Phi) is 5.46. The van der Waals surface area contributed by atoms with Gasteiger partial charge in [0.25, 0.3) is 5.69 Å². The highest BCUT2D eigenvalue weighted by Crippen LogP contribution is 2.23. The third kappa shape index (κ3) is 3.95. The predicted molar refractivity (Wildman–Crippen MR) is 108 cm³/mol. The van der Waals surface area contributed by atoms with Gasteiger partial charge in [0.1, 0.15) is 6.54 Å². The number of non-ortho nitro benzene ring substituents is 1. The van der Waals surface area contributed by atoms with Gasteiger partial charge in [-0.25, -0.2) is 17.5 Å². The van der Waals surface area contributed by atoms with Gasteiger partial charge in [-0.2, -0.15) is 0 Å². The molecule has 0 aliphatic rings. The maximum absolute atomic E-state index is 12.5. The topological polar surface area (TPSA) is 145 Å². The van der Waals surface area contributed by atoms with E-state index in [1.165, 1.54) is 38.4 Å². The first-order valence-corrected chi connectivity index (χ1v) is 10.1. The van der Waals surface area contributed by atoms with E-state index >= 15 is 0 Å². The number of amides is 1. The highest BCUT2D eigenvalue weighted by atomic mass is 32.2. The standard InChI is InChI=1S/C18H18N4O7S/c1-11-4-6-13(30(27,28)20(2)3)9-14(11)19-17(23)10-21-15-7-5-12(22(25)26)8-16(15)29-18(21)24/h4-9H,10H2,1-3H3,(H,19,23). The third-order valence-electron chi connectivity index (χ3n) is 4.43. The molecule has 158 valence electrons. The smallest absolute Gasteiger partial charge is 0.407 e. The molecule has 1 heterocycles. The zero-order chi connectivity index (χ0) is 22.2. The van der Waals surface area contributed by atoms with Gasteiger partial charge in [-0.1, -0.05) is 6.07 Å². The third-order valence-corrected chi connectivity index (χ3v) is 6.24. The minimum atomic E-state index is -3.69. The molecule has 0 unspecified atom stereocenters. The van der Waals surface area contributed by atoms with E-state index in [0.717, 1.165) is 14.9 Å². The molecule has 0 fully saturated rings. The molecule has 1 aromatic heterocycles. The van der Waals surface area contributed by atoms with Crippen LogP contribution in [0.15, 0.2) is 50.5 Å². The molecule has 0 spiro atoms. The van der Waals surface area contributed by atoms with Crippen LogP contribution in [0.2, 0.25) is 0 Å². The molecule has 11 nitrogen and oxygen atoms in total. The van der Waals surface area contributed by atoms with Gasteiger partial charge in [-0.3, -0.25) is 19.5 Å². The van der Waals surface area contributed by atoms with Crippen LogP contribution in [0.5, 0.6) is 0 Å². The monoisotopic (exact) mass is 434 g/mol. The second kappa shape index (κ2) is 7.72. The molecular weight excluding hydrogens is 416 g/mol. The number of oxazole rings is 1. The first-order chi connectivity index (χ1) is 14.0. The molecule has 1 amide bonds. The van der Waals surface area contributed by atoms with Crippen molar-refractivity contribution >= 4 is 38.4 Å². The van der Waals surface area contributed by atoms with Gasteiger partial charge in [-0.05, 0) is 30.7 Å². The summed E-state index contributed by atoms with van der Waals surface area (Å²) in [5, 5.41) is 13.4. The van der Waals surface area contributed by atoms with Crippen LogP contribution in [0, 0.1) is 17.0 Å². The minimum Gasteiger partial charge on any atom is -0.407 e. The number of nitro benzene ring substituents is 1. The number of carbonyl (C=O) groups is 1. The van der Waals surface area contributed by atoms with Crippen LogP contribution < -0.4 is 11.1 Å². The molecule has 3 aromatic rings. The zero-order valence-electron chi connectivity index (χ0n) is 16.3. The van der Waals surface area contributed by atoms with Gasteiger partial charge in [0.05, 0.1) is 21.4 Å². The summed E-state index contributed by atoms with van der Waals surface area (Å²) < 4.78 is 31.7. The Labute approximate surface area is 170 Å². The number of aryl methyl sites for hydroxylation is 1. The predicted octanol–water partition coefficient (Wildman–Crippen LogP) is 1.70. The summed E-state index contributed by atoms with van der Waals surface area (Å²) in [4.78, 5) is 34.9. The van der Waals surface area contributed by atoms with Crippen LogP contribution in [0.4, 0.5) is 11.4 Å². The van der Waals surface area contributed by atoms with E-state index in [9.17, 15) is 28.1 Å². The van der Waals surface area contributed by atoms with Gasteiger partial charge >= 0.3 is 5.76 Å². The van der Waals surface area contributed by atoms with Gasteiger partial charge in [0.2, 0.25) is 15.9 Å². The summed E-state index contributed by atoms with van der Waals surface area (Å²) in [7, 11) is -0.898. The number of fused-ring (bicyclic) bond motifs is 1. The Balaban J connectivity index is 1.89. The van der Waals surface area contributed by atoms with E-state index in [0.29, 0.717) is 5.56 Å². The normalized spacial score (nSPS) is 11.7. The van der Waals surface area contributed by atoms with Crippen LogP contribution in [0.25, 0.3) is 11.1 Å². The van der Waals surface area contributed by atoms with Crippen molar-refractivity contribution in [2.45, 2.75) is 18.4 Å². The molecule has 1 N–H and O–H groups in total. The lowest BCUT2D eigenvalue weighted by molar-refractivity contribution is -0.384. The highest BCUT2D eigenvalue weighted by Gasteiger charge is 2.20. The molecule has 12 heteroatoms. The van der Waals surface area contributed by atoms with E-state index in [1.54, 1.807) is 13.0 Å². The lowest BCUT2D eigenvalue weighted by atomic mass is 10.2. The van der Waals surface area contributed by atoms with Crippen LogP contribution in [-0.2, 0) is 21.4 Å². The van der Waals surface area contributed by atoms with Gasteiger partial charge in [-0.15, -0.1) is 0 Å². The zero-order valence-corrected chi connectivity index (χ0v) is 17.1. The number of carbonyl (C=O) groups excluding carboxylic acids is 1. The number of hydrogen-bond acceptors (Lipinski definition) is 7. The molecule has 0 saturated carbocycles. The lowest BCUT2D eigenvalue weighted by Crippen LogP contribution is -2.25. The van der Waals surface area contributed by atoms with Crippen molar-refractivity contribution in [2.24, 2.45) is 0 Å². The average molecular weight is 434 g/mol. The molecule has 0 bridgehead atoms. The number of sulfonamides is 1. The number of aromatic nitrogens is 1. The van der Waals surface area contributed by atoms with E-state index in [4.69, 9.17) is 4.42 Å². The summed E-state index contributed by atoms with van der Waals surface area (Å²) in [6.07, 6.45) is 0. The number of hydrogen-bond donors (Lipinski definition) is 1. The van der Waals surface area contributed by atoms with Crippen molar-refractivity contribution in [2.75, 3.05) is 19.4 Å². The summed E-state index contributed by atoms with van der Waals surface area (Å²) in [6.45, 7) is 1.27. The van der Waals surface area contributed by atoms with Crippen LogP contribution in [0.1, 0.15) is 5.56 Å². The SMILES string of the molecule is Cc1ccc(S(=O)(=O)N(C)C)cc1NC(=O)Cn1c(=O)oc2cc([N+](=O)[O-])ccc21. The number of nitrogens with zero attached hydrogens (tertiary/aromatic N) is 3. The maximum atomic E-state index is 12.5. The number of anilines is 1. The highest BCUT2D eigenvalue weighted by molar-refractivity contribution is 7.89. The second-order valence-corrected chi connectivity index (χ2v) is 8.83. The largest absolute Gasteiger partial charge is 0.420 e. The van der Waals surface area contributed by atoms with Crippen molar-refractivity contribution in [3.05, 3.63) is 62.6 Å². The maximum Gasteiger partial charge on any atom is 0.420 e. The van der Waals surface area contributed by atoms with Crippen LogP contribution in [-0.4, -0.2) is 42.2 Å². The average Bonchev–Trinajstić information content (AvgIpc) is 2.97. The molecule has 0 aliphatic carbocycles. The summed E-state index contributed by atoms with van der Waals surface area (Å²) in [6, 6.07) is 7.95. The summed E-state index contributed by atoms with van der Waals surface area (Å²) >= 11 is 0. The Morgan fingerprint density at radius 3 is 2.57 bits per heavy atom. The molecule has 0 radical (unpaired) electrons. The fraction of sp³-hybridized carbons (Fsp3) is 0.222. The van der Waals surface area contributed by atoms with Crippen molar-refractivity contribution in [3.63, 3.8) is 0 Å². The number of nitro groups is 1. The lowest BCUT2D eigenvalue weighted by Gasteiger charge is -2.14. The molecule has 0 aliphatic heterocycles. The van der Waals surface area contributed by atoms with E-state index in [-0.39, 0.29) is 27.4 Å². The van der Waals surface area contributed by atoms with Crippen molar-refractivity contribution in [3.8, 4) is 0 Å². The van der Waals surface area contributed by atoms with E-state index in [2.05, 4.69) is 5.32 Å². The molecular formula is C18H18N4O7S. The molecule has 2 aromatic carbocycles. The second-order valence-electron chi connectivity index (χ2n) is 6.68. The molecule has 30 heavy (non-hydrogen) atoms. The number of benzene rings is 2. The van der Waals surface area contributed by atoms with Crippen LogP contribution in [0.3, 0.4) is 0 Å². The minimum absolute atomic E-state index is 0.00615. The Morgan fingerprint density at radius 2 is 1.93 bits per heavy atom. The first-order valence-electron chi connectivity index (χ1n) is 8.61. The van der Waals surface area contributed by atoms with Crippen LogP contribution >= 0.6 is 0 Å². The van der Waals surface area contributed by atoms with Crippen molar-refractivity contribution in [1.82, 2.24) is 8.87 Å². The van der Waals surface area contributed by atoms with E-state index in [1.807, 2.05) is 0 Å². The van der Waals surface area contributed by atoms with E-state index < -0.39 is 33.2 Å².